The van der Waals surface area contributed by atoms with Crippen molar-refractivity contribution in [2.75, 3.05) is 18.4 Å². The van der Waals surface area contributed by atoms with E-state index in [0.29, 0.717) is 18.1 Å². The number of aliphatic carboxylic acids is 1. The number of carboxylic acids is 1. The van der Waals surface area contributed by atoms with Crippen molar-refractivity contribution < 1.29 is 14.7 Å². The van der Waals surface area contributed by atoms with Crippen molar-refractivity contribution in [3.8, 4) is 0 Å². The zero-order chi connectivity index (χ0) is 14.8. The largest absolute Gasteiger partial charge is 0.481 e. The molecule has 0 aliphatic carbocycles. The predicted octanol–water partition coefficient (Wildman–Crippen LogP) is 2.42. The van der Waals surface area contributed by atoms with Crippen LogP contribution in [0.25, 0.3) is 0 Å². The van der Waals surface area contributed by atoms with E-state index in [1.54, 1.807) is 6.92 Å². The van der Waals surface area contributed by atoms with Crippen LogP contribution >= 0.6 is 11.3 Å². The molecule has 2 amide bonds. The number of anilines is 1. The van der Waals surface area contributed by atoms with Gasteiger partial charge in [0.1, 0.15) is 0 Å². The van der Waals surface area contributed by atoms with Crippen LogP contribution in [0.4, 0.5) is 9.93 Å². The molecule has 1 aromatic rings. The minimum atomic E-state index is -0.854. The first-order chi connectivity index (χ1) is 9.44. The fourth-order valence-corrected chi connectivity index (χ4v) is 2.95. The molecular formula is C13H19N3O3S. The number of nitrogens with zero attached hydrogens (tertiary/aromatic N) is 2. The number of urea groups is 1. The van der Waals surface area contributed by atoms with Crippen LogP contribution in [0.15, 0.2) is 5.38 Å². The third-order valence-corrected chi connectivity index (χ3v) is 4.36. The Morgan fingerprint density at radius 2 is 2.35 bits per heavy atom. The summed E-state index contributed by atoms with van der Waals surface area (Å²) in [6.45, 7) is 4.45. The summed E-state index contributed by atoms with van der Waals surface area (Å²) >= 11 is 1.40. The van der Waals surface area contributed by atoms with Crippen LogP contribution in [-0.4, -0.2) is 40.1 Å². The molecular weight excluding hydrogens is 278 g/mol. The molecule has 1 unspecified atom stereocenters. The van der Waals surface area contributed by atoms with E-state index in [9.17, 15) is 9.59 Å². The smallest absolute Gasteiger partial charge is 0.323 e. The summed E-state index contributed by atoms with van der Waals surface area (Å²) in [5.41, 5.74) is 0.137. The highest BCUT2D eigenvalue weighted by Crippen LogP contribution is 2.30. The van der Waals surface area contributed by atoms with Gasteiger partial charge in [0.25, 0.3) is 0 Å². The number of nitrogens with one attached hydrogen (secondary N) is 1. The fourth-order valence-electron chi connectivity index (χ4n) is 2.21. The normalized spacial score (nSPS) is 22.0. The molecule has 0 saturated carbocycles. The van der Waals surface area contributed by atoms with Gasteiger partial charge in [-0.1, -0.05) is 13.3 Å². The van der Waals surface area contributed by atoms with Crippen molar-refractivity contribution in [1.29, 1.82) is 0 Å². The Kier molecular flexibility index (Phi) is 4.27. The van der Waals surface area contributed by atoms with Crippen molar-refractivity contribution >= 4 is 28.5 Å². The third kappa shape index (κ3) is 3.09. The first-order valence-corrected chi connectivity index (χ1v) is 7.56. The number of hydrogen-bond acceptors (Lipinski definition) is 4. The van der Waals surface area contributed by atoms with Crippen molar-refractivity contribution in [3.63, 3.8) is 0 Å². The zero-order valence-corrected chi connectivity index (χ0v) is 12.5. The number of thiazole rings is 1. The second-order valence-corrected chi connectivity index (χ2v) is 6.22. The summed E-state index contributed by atoms with van der Waals surface area (Å²) < 4.78 is 0. The molecule has 1 fully saturated rings. The number of amides is 2. The van der Waals surface area contributed by atoms with Crippen LogP contribution in [0.1, 0.15) is 32.4 Å². The van der Waals surface area contributed by atoms with Gasteiger partial charge in [0.15, 0.2) is 5.13 Å². The molecule has 0 radical (unpaired) electrons. The average Bonchev–Trinajstić information content (AvgIpc) is 2.98. The molecule has 7 heteroatoms. The minimum absolute atomic E-state index is 0.237. The van der Waals surface area contributed by atoms with Gasteiger partial charge >= 0.3 is 12.0 Å². The van der Waals surface area contributed by atoms with Crippen LogP contribution < -0.4 is 5.32 Å². The van der Waals surface area contributed by atoms with Crippen molar-refractivity contribution in [2.45, 2.75) is 33.1 Å². The number of aromatic nitrogens is 1. The van der Waals surface area contributed by atoms with Gasteiger partial charge in [-0.3, -0.25) is 10.1 Å². The molecule has 1 aliphatic rings. The molecule has 20 heavy (non-hydrogen) atoms. The van der Waals surface area contributed by atoms with E-state index in [1.807, 2.05) is 5.38 Å². The summed E-state index contributed by atoms with van der Waals surface area (Å²) in [7, 11) is 0. The van der Waals surface area contributed by atoms with E-state index >= 15 is 0 Å². The van der Waals surface area contributed by atoms with Gasteiger partial charge in [0.2, 0.25) is 0 Å². The number of carbonyl (C=O) groups excluding carboxylic acids is 1. The Morgan fingerprint density at radius 3 is 2.95 bits per heavy atom. The van der Waals surface area contributed by atoms with Gasteiger partial charge in [-0.2, -0.15) is 0 Å². The first-order valence-electron chi connectivity index (χ1n) is 6.68. The van der Waals surface area contributed by atoms with Gasteiger partial charge < -0.3 is 10.0 Å². The van der Waals surface area contributed by atoms with Gasteiger partial charge in [-0.05, 0) is 19.8 Å². The molecule has 0 bridgehead atoms. The lowest BCUT2D eigenvalue weighted by molar-refractivity contribution is -0.146. The SMILES string of the molecule is CCCc1csc(NC(=O)N2CCC(C)(C(=O)O)C2)n1. The van der Waals surface area contributed by atoms with Crippen LogP contribution in [0.3, 0.4) is 0 Å². The van der Waals surface area contributed by atoms with E-state index in [1.165, 1.54) is 16.2 Å². The Labute approximate surface area is 121 Å². The Balaban J connectivity index is 1.94. The molecule has 0 spiro atoms. The highest BCUT2D eigenvalue weighted by atomic mass is 32.1. The molecule has 2 heterocycles. The number of carbonyl (C=O) groups is 2. The summed E-state index contributed by atoms with van der Waals surface area (Å²) in [6, 6.07) is -0.271. The second-order valence-electron chi connectivity index (χ2n) is 5.36. The average molecular weight is 297 g/mol. The van der Waals surface area contributed by atoms with Crippen LogP contribution in [0, 0.1) is 5.41 Å². The van der Waals surface area contributed by atoms with E-state index in [-0.39, 0.29) is 12.6 Å². The number of hydrogen-bond donors (Lipinski definition) is 2. The van der Waals surface area contributed by atoms with Crippen LogP contribution in [-0.2, 0) is 11.2 Å². The Hall–Kier alpha value is -1.63. The molecule has 2 rings (SSSR count). The van der Waals surface area contributed by atoms with E-state index < -0.39 is 11.4 Å². The highest BCUT2D eigenvalue weighted by molar-refractivity contribution is 7.13. The molecule has 110 valence electrons. The topological polar surface area (TPSA) is 82.5 Å². The van der Waals surface area contributed by atoms with Gasteiger partial charge in [0.05, 0.1) is 11.1 Å². The summed E-state index contributed by atoms with van der Waals surface area (Å²) in [5.74, 6) is -0.854. The molecule has 0 aromatic carbocycles. The van der Waals surface area contributed by atoms with E-state index in [0.717, 1.165) is 18.5 Å². The number of aryl methyl sites for hydroxylation is 1. The maximum absolute atomic E-state index is 12.1. The van der Waals surface area contributed by atoms with E-state index in [4.69, 9.17) is 5.11 Å². The zero-order valence-electron chi connectivity index (χ0n) is 11.7. The molecule has 1 aromatic heterocycles. The Bertz CT molecular complexity index is 517. The predicted molar refractivity (Wildman–Crippen MR) is 77.1 cm³/mol. The lowest BCUT2D eigenvalue weighted by Gasteiger charge is -2.19. The summed E-state index contributed by atoms with van der Waals surface area (Å²) in [6.07, 6.45) is 2.39. The molecule has 2 N–H and O–H groups in total. The maximum Gasteiger partial charge on any atom is 0.323 e. The highest BCUT2D eigenvalue weighted by Gasteiger charge is 2.42. The quantitative estimate of drug-likeness (QED) is 0.894. The summed E-state index contributed by atoms with van der Waals surface area (Å²) in [5, 5.41) is 14.4. The van der Waals surface area contributed by atoms with Gasteiger partial charge in [0, 0.05) is 18.5 Å². The standard InChI is InChI=1S/C13H19N3O3S/c1-3-4-9-7-20-11(14-9)15-12(19)16-6-5-13(2,8-16)10(17)18/h7H,3-6,8H2,1-2H3,(H,17,18)(H,14,15,19). The number of rotatable bonds is 4. The number of carboxylic acid groups (broad SMARTS) is 1. The molecule has 1 saturated heterocycles. The van der Waals surface area contributed by atoms with E-state index in [2.05, 4.69) is 17.2 Å². The van der Waals surface area contributed by atoms with Crippen molar-refractivity contribution in [1.82, 2.24) is 9.88 Å². The summed E-state index contributed by atoms with van der Waals surface area (Å²) in [4.78, 5) is 29.1. The van der Waals surface area contributed by atoms with Crippen molar-refractivity contribution in [3.05, 3.63) is 11.1 Å². The van der Waals surface area contributed by atoms with Crippen molar-refractivity contribution in [2.24, 2.45) is 5.41 Å². The van der Waals surface area contributed by atoms with Crippen LogP contribution in [0.5, 0.6) is 0 Å². The maximum atomic E-state index is 12.1. The third-order valence-electron chi connectivity index (χ3n) is 3.55. The minimum Gasteiger partial charge on any atom is -0.481 e. The second kappa shape index (κ2) is 5.78. The number of likely N-dealkylation sites (tertiary alicyclic amines) is 1. The van der Waals surface area contributed by atoms with Crippen LogP contribution in [0.2, 0.25) is 0 Å². The van der Waals surface area contributed by atoms with Gasteiger partial charge in [-0.15, -0.1) is 11.3 Å². The molecule has 6 nitrogen and oxygen atoms in total. The Morgan fingerprint density at radius 1 is 1.60 bits per heavy atom. The lowest BCUT2D eigenvalue weighted by Crippen LogP contribution is -2.37. The monoisotopic (exact) mass is 297 g/mol. The fraction of sp³-hybridized carbons (Fsp3) is 0.615. The molecule has 1 atom stereocenters. The first kappa shape index (κ1) is 14.8. The molecule has 1 aliphatic heterocycles. The van der Waals surface area contributed by atoms with Gasteiger partial charge in [-0.25, -0.2) is 9.78 Å². The lowest BCUT2D eigenvalue weighted by atomic mass is 9.90.